The lowest BCUT2D eigenvalue weighted by Gasteiger charge is -2.38. The fourth-order valence-electron chi connectivity index (χ4n) is 3.14. The van der Waals surface area contributed by atoms with Crippen LogP contribution in [0, 0.1) is 0 Å². The van der Waals surface area contributed by atoms with Crippen molar-refractivity contribution in [1.82, 2.24) is 4.98 Å². The van der Waals surface area contributed by atoms with Crippen molar-refractivity contribution in [2.24, 2.45) is 0 Å². The topological polar surface area (TPSA) is 51.7 Å². The number of thioether (sulfide) groups is 1. The largest absolute Gasteiger partial charge is 0.494 e. The first-order valence-electron chi connectivity index (χ1n) is 9.26. The molecule has 0 saturated carbocycles. The highest BCUT2D eigenvalue weighted by atomic mass is 32.2. The third kappa shape index (κ3) is 4.10. The van der Waals surface area contributed by atoms with Crippen molar-refractivity contribution in [3.8, 4) is 5.75 Å². The standard InChI is InChI=1S/C21H22N2O3S2/c1-3-27-16-9-7-14(8-10-16)11-19(24)26-15-12-23(13-15)21-22-20-17(25-2)5-4-6-18(20)28-21/h4-10,15H,3,11-13H2,1-2H3. The molecule has 1 aliphatic rings. The van der Waals surface area contributed by atoms with Gasteiger partial charge < -0.3 is 14.4 Å². The van der Waals surface area contributed by atoms with Crippen LogP contribution in [0.1, 0.15) is 12.5 Å². The number of ether oxygens (including phenoxy) is 2. The van der Waals surface area contributed by atoms with Crippen LogP contribution in [0.15, 0.2) is 47.4 Å². The van der Waals surface area contributed by atoms with E-state index in [1.807, 2.05) is 30.3 Å². The van der Waals surface area contributed by atoms with Crippen LogP contribution in [-0.2, 0) is 16.0 Å². The second-order valence-corrected chi connectivity index (χ2v) is 8.92. The van der Waals surface area contributed by atoms with Crippen LogP contribution in [0.3, 0.4) is 0 Å². The zero-order chi connectivity index (χ0) is 19.5. The van der Waals surface area contributed by atoms with Gasteiger partial charge in [-0.2, -0.15) is 0 Å². The SMILES string of the molecule is CCSc1ccc(CC(=O)OC2CN(c3nc4c(OC)cccc4s3)C2)cc1. The highest BCUT2D eigenvalue weighted by molar-refractivity contribution is 7.99. The molecule has 3 aromatic rings. The van der Waals surface area contributed by atoms with Crippen molar-refractivity contribution < 1.29 is 14.3 Å². The van der Waals surface area contributed by atoms with Crippen LogP contribution in [0.4, 0.5) is 5.13 Å². The molecule has 0 unspecified atom stereocenters. The lowest BCUT2D eigenvalue weighted by atomic mass is 10.1. The molecule has 0 radical (unpaired) electrons. The number of hydrogen-bond donors (Lipinski definition) is 0. The van der Waals surface area contributed by atoms with Crippen LogP contribution >= 0.6 is 23.1 Å². The van der Waals surface area contributed by atoms with Crippen molar-refractivity contribution in [3.63, 3.8) is 0 Å². The zero-order valence-corrected chi connectivity index (χ0v) is 17.5. The number of benzene rings is 2. The van der Waals surface area contributed by atoms with Crippen molar-refractivity contribution in [2.45, 2.75) is 24.3 Å². The predicted octanol–water partition coefficient (Wildman–Crippen LogP) is 4.39. The Morgan fingerprint density at radius 2 is 2.04 bits per heavy atom. The van der Waals surface area contributed by atoms with E-state index in [-0.39, 0.29) is 12.1 Å². The minimum absolute atomic E-state index is 0.0728. The lowest BCUT2D eigenvalue weighted by Crippen LogP contribution is -2.53. The van der Waals surface area contributed by atoms with E-state index in [9.17, 15) is 4.79 Å². The molecule has 0 N–H and O–H groups in total. The molecule has 0 amide bonds. The number of carbonyl (C=O) groups is 1. The van der Waals surface area contributed by atoms with Crippen LogP contribution in [0.2, 0.25) is 0 Å². The number of nitrogens with zero attached hydrogens (tertiary/aromatic N) is 2. The number of esters is 1. The number of para-hydroxylation sites is 1. The summed E-state index contributed by atoms with van der Waals surface area (Å²) in [7, 11) is 1.66. The van der Waals surface area contributed by atoms with Gasteiger partial charge in [0.25, 0.3) is 0 Å². The van der Waals surface area contributed by atoms with Crippen molar-refractivity contribution in [2.75, 3.05) is 30.9 Å². The van der Waals surface area contributed by atoms with Crippen LogP contribution in [0.25, 0.3) is 10.2 Å². The van der Waals surface area contributed by atoms with E-state index in [0.717, 1.165) is 32.4 Å². The van der Waals surface area contributed by atoms with Gasteiger partial charge in [0.2, 0.25) is 0 Å². The van der Waals surface area contributed by atoms with Crippen LogP contribution in [0.5, 0.6) is 5.75 Å². The molecular formula is C21H22N2O3S2. The summed E-state index contributed by atoms with van der Waals surface area (Å²) in [4.78, 5) is 20.3. The fourth-order valence-corrected chi connectivity index (χ4v) is 4.81. The number of thiazole rings is 1. The zero-order valence-electron chi connectivity index (χ0n) is 15.9. The third-order valence-electron chi connectivity index (χ3n) is 4.59. The second-order valence-electron chi connectivity index (χ2n) is 6.57. The molecule has 0 atom stereocenters. The van der Waals surface area contributed by atoms with E-state index in [2.05, 4.69) is 28.9 Å². The van der Waals surface area contributed by atoms with Crippen LogP contribution in [-0.4, -0.2) is 43.0 Å². The molecule has 4 rings (SSSR count). The van der Waals surface area contributed by atoms with Crippen molar-refractivity contribution in [1.29, 1.82) is 0 Å². The number of carbonyl (C=O) groups excluding carboxylic acids is 1. The summed E-state index contributed by atoms with van der Waals surface area (Å²) in [6, 6.07) is 14.0. The molecular weight excluding hydrogens is 392 g/mol. The first-order chi connectivity index (χ1) is 13.7. The first kappa shape index (κ1) is 19.1. The van der Waals surface area contributed by atoms with E-state index in [1.165, 1.54) is 4.90 Å². The maximum atomic E-state index is 12.2. The van der Waals surface area contributed by atoms with Gasteiger partial charge in [-0.15, -0.1) is 11.8 Å². The molecule has 1 aliphatic heterocycles. The molecule has 0 bridgehead atoms. The first-order valence-corrected chi connectivity index (χ1v) is 11.1. The Balaban J connectivity index is 1.30. The van der Waals surface area contributed by atoms with E-state index >= 15 is 0 Å². The average Bonchev–Trinajstić information content (AvgIpc) is 3.09. The molecule has 1 fully saturated rings. The quantitative estimate of drug-likeness (QED) is 0.422. The minimum atomic E-state index is -0.175. The maximum absolute atomic E-state index is 12.2. The Morgan fingerprint density at radius 3 is 2.75 bits per heavy atom. The smallest absolute Gasteiger partial charge is 0.310 e. The van der Waals surface area contributed by atoms with Crippen molar-refractivity contribution >= 4 is 44.4 Å². The highest BCUT2D eigenvalue weighted by Crippen LogP contribution is 2.35. The highest BCUT2D eigenvalue weighted by Gasteiger charge is 2.32. The number of aromatic nitrogens is 1. The summed E-state index contributed by atoms with van der Waals surface area (Å²) in [5, 5.41) is 0.941. The number of methoxy groups -OCH3 is 1. The summed E-state index contributed by atoms with van der Waals surface area (Å²) in [5.41, 5.74) is 1.87. The number of anilines is 1. The van der Waals surface area contributed by atoms with Gasteiger partial charge in [0, 0.05) is 4.90 Å². The van der Waals surface area contributed by atoms with Gasteiger partial charge in [-0.25, -0.2) is 4.98 Å². The molecule has 28 heavy (non-hydrogen) atoms. The molecule has 2 heterocycles. The van der Waals surface area contributed by atoms with E-state index in [1.54, 1.807) is 30.2 Å². The van der Waals surface area contributed by atoms with Gasteiger partial charge in [-0.1, -0.05) is 36.5 Å². The summed E-state index contributed by atoms with van der Waals surface area (Å²) in [6.45, 7) is 3.49. The van der Waals surface area contributed by atoms with Crippen LogP contribution < -0.4 is 9.64 Å². The Morgan fingerprint density at radius 1 is 1.25 bits per heavy atom. The average molecular weight is 415 g/mol. The van der Waals surface area contributed by atoms with Gasteiger partial charge in [0.1, 0.15) is 17.4 Å². The maximum Gasteiger partial charge on any atom is 0.310 e. The fraction of sp³-hybridized carbons (Fsp3) is 0.333. The lowest BCUT2D eigenvalue weighted by molar-refractivity contribution is -0.149. The van der Waals surface area contributed by atoms with Gasteiger partial charge >= 0.3 is 5.97 Å². The van der Waals surface area contributed by atoms with Gasteiger partial charge in [-0.3, -0.25) is 4.79 Å². The van der Waals surface area contributed by atoms with Gasteiger partial charge in [0.05, 0.1) is 31.3 Å². The molecule has 1 saturated heterocycles. The van der Waals surface area contributed by atoms with E-state index in [0.29, 0.717) is 19.5 Å². The summed E-state index contributed by atoms with van der Waals surface area (Å²) < 4.78 is 12.1. The van der Waals surface area contributed by atoms with Gasteiger partial charge in [-0.05, 0) is 35.6 Å². The number of rotatable bonds is 7. The molecule has 146 valence electrons. The normalized spacial score (nSPS) is 14.1. The summed E-state index contributed by atoms with van der Waals surface area (Å²) >= 11 is 3.43. The molecule has 5 nitrogen and oxygen atoms in total. The van der Waals surface area contributed by atoms with Gasteiger partial charge in [0.15, 0.2) is 5.13 Å². The minimum Gasteiger partial charge on any atom is -0.494 e. The van der Waals surface area contributed by atoms with Crippen molar-refractivity contribution in [3.05, 3.63) is 48.0 Å². The molecule has 0 spiro atoms. The molecule has 7 heteroatoms. The number of fused-ring (bicyclic) bond motifs is 1. The monoisotopic (exact) mass is 414 g/mol. The van der Waals surface area contributed by atoms with E-state index < -0.39 is 0 Å². The molecule has 0 aliphatic carbocycles. The second kappa shape index (κ2) is 8.41. The molecule has 1 aromatic heterocycles. The Labute approximate surface area is 172 Å². The Kier molecular flexibility index (Phi) is 5.73. The summed E-state index contributed by atoms with van der Waals surface area (Å²) in [5.74, 6) is 1.65. The predicted molar refractivity (Wildman–Crippen MR) is 115 cm³/mol. The van der Waals surface area contributed by atoms with E-state index in [4.69, 9.17) is 9.47 Å². The Hall–Kier alpha value is -2.25. The summed E-state index contributed by atoms with van der Waals surface area (Å²) in [6.07, 6.45) is 0.239. The molecule has 2 aromatic carbocycles. The number of hydrogen-bond acceptors (Lipinski definition) is 7. The third-order valence-corrected chi connectivity index (χ3v) is 6.57. The Bertz CT molecular complexity index is 965.